The summed E-state index contributed by atoms with van der Waals surface area (Å²) in [4.78, 5) is 2.34. The molecule has 1 heterocycles. The monoisotopic (exact) mass is 241 g/mol. The molecule has 1 aromatic heterocycles. The van der Waals surface area contributed by atoms with Crippen molar-refractivity contribution in [3.8, 4) is 0 Å². The SMILES string of the molecule is OC1(c2cccc3[nH]c(C(F)(F)F)cc23)CC1. The van der Waals surface area contributed by atoms with Gasteiger partial charge >= 0.3 is 6.18 Å². The lowest BCUT2D eigenvalue weighted by Crippen LogP contribution is -2.05. The maximum atomic E-state index is 12.6. The van der Waals surface area contributed by atoms with Crippen LogP contribution in [0.4, 0.5) is 13.2 Å². The Morgan fingerprint density at radius 2 is 1.94 bits per heavy atom. The standard InChI is InChI=1S/C12H10F3NO/c13-12(14,15)10-6-7-8(11(17)4-5-11)2-1-3-9(7)16-10/h1-3,6,16-17H,4-5H2. The number of nitrogens with one attached hydrogen (secondary N) is 1. The van der Waals surface area contributed by atoms with Crippen molar-refractivity contribution < 1.29 is 18.3 Å². The van der Waals surface area contributed by atoms with Crippen LogP contribution < -0.4 is 0 Å². The van der Waals surface area contributed by atoms with Crippen LogP contribution in [0.1, 0.15) is 24.1 Å². The number of hydrogen-bond donors (Lipinski definition) is 2. The number of fused-ring (bicyclic) bond motifs is 1. The van der Waals surface area contributed by atoms with Crippen LogP contribution in [0.5, 0.6) is 0 Å². The Balaban J connectivity index is 2.22. The van der Waals surface area contributed by atoms with E-state index in [-0.39, 0.29) is 0 Å². The largest absolute Gasteiger partial charge is 0.431 e. The summed E-state index contributed by atoms with van der Waals surface area (Å²) in [6, 6.07) is 5.99. The molecule has 0 aliphatic heterocycles. The minimum Gasteiger partial charge on any atom is -0.385 e. The zero-order valence-corrected chi connectivity index (χ0v) is 8.80. The predicted octanol–water partition coefficient (Wildman–Crippen LogP) is 3.17. The van der Waals surface area contributed by atoms with E-state index in [0.717, 1.165) is 6.07 Å². The highest BCUT2D eigenvalue weighted by atomic mass is 19.4. The second-order valence-electron chi connectivity index (χ2n) is 4.48. The summed E-state index contributed by atoms with van der Waals surface area (Å²) in [6.45, 7) is 0. The first kappa shape index (κ1) is 10.7. The van der Waals surface area contributed by atoms with E-state index in [1.807, 2.05) is 0 Å². The maximum absolute atomic E-state index is 12.6. The molecule has 1 aliphatic carbocycles. The Labute approximate surface area is 95.1 Å². The molecule has 1 aliphatic rings. The van der Waals surface area contributed by atoms with E-state index < -0.39 is 17.5 Å². The molecule has 1 fully saturated rings. The van der Waals surface area contributed by atoms with E-state index in [1.165, 1.54) is 0 Å². The Bertz CT molecular complexity index is 581. The van der Waals surface area contributed by atoms with Crippen LogP contribution in [-0.4, -0.2) is 10.1 Å². The zero-order chi connectivity index (χ0) is 12.3. The summed E-state index contributed by atoms with van der Waals surface area (Å²) in [5.41, 5.74) is -0.703. The molecule has 90 valence electrons. The quantitative estimate of drug-likeness (QED) is 0.790. The highest BCUT2D eigenvalue weighted by Crippen LogP contribution is 2.48. The molecule has 0 bridgehead atoms. The van der Waals surface area contributed by atoms with Gasteiger partial charge in [0.2, 0.25) is 0 Å². The third-order valence-electron chi connectivity index (χ3n) is 3.19. The Hall–Kier alpha value is -1.49. The Kier molecular flexibility index (Phi) is 1.91. The molecule has 0 saturated heterocycles. The number of benzene rings is 1. The van der Waals surface area contributed by atoms with Crippen LogP contribution in [0.25, 0.3) is 10.9 Å². The summed E-state index contributed by atoms with van der Waals surface area (Å²) in [6.07, 6.45) is -3.17. The molecule has 0 unspecified atom stereocenters. The molecule has 0 atom stereocenters. The first-order chi connectivity index (χ1) is 7.90. The summed E-state index contributed by atoms with van der Waals surface area (Å²) < 4.78 is 37.7. The van der Waals surface area contributed by atoms with Gasteiger partial charge in [-0.1, -0.05) is 12.1 Å². The van der Waals surface area contributed by atoms with E-state index in [1.54, 1.807) is 18.2 Å². The molecular weight excluding hydrogens is 231 g/mol. The molecule has 0 radical (unpaired) electrons. The summed E-state index contributed by atoms with van der Waals surface area (Å²) in [5.74, 6) is 0. The number of rotatable bonds is 1. The third kappa shape index (κ3) is 1.61. The van der Waals surface area contributed by atoms with Gasteiger partial charge in [0.15, 0.2) is 0 Å². The number of halogens is 3. The predicted molar refractivity (Wildman–Crippen MR) is 56.4 cm³/mol. The molecule has 0 amide bonds. The molecular formula is C12H10F3NO. The van der Waals surface area contributed by atoms with Gasteiger partial charge in [-0.2, -0.15) is 13.2 Å². The van der Waals surface area contributed by atoms with Crippen LogP contribution in [0.2, 0.25) is 0 Å². The second kappa shape index (κ2) is 3.04. The van der Waals surface area contributed by atoms with Crippen molar-refractivity contribution in [1.29, 1.82) is 0 Å². The molecule has 1 saturated carbocycles. The molecule has 3 rings (SSSR count). The van der Waals surface area contributed by atoms with E-state index in [4.69, 9.17) is 0 Å². The Morgan fingerprint density at radius 3 is 2.53 bits per heavy atom. The zero-order valence-electron chi connectivity index (χ0n) is 8.80. The lowest BCUT2D eigenvalue weighted by atomic mass is 10.0. The Morgan fingerprint density at radius 1 is 1.24 bits per heavy atom. The van der Waals surface area contributed by atoms with Gasteiger partial charge in [0.05, 0.1) is 5.60 Å². The minimum atomic E-state index is -4.39. The van der Waals surface area contributed by atoms with Crippen molar-refractivity contribution >= 4 is 10.9 Å². The summed E-state index contributed by atoms with van der Waals surface area (Å²) >= 11 is 0. The van der Waals surface area contributed by atoms with Crippen LogP contribution in [-0.2, 0) is 11.8 Å². The first-order valence-electron chi connectivity index (χ1n) is 5.32. The van der Waals surface area contributed by atoms with Crippen LogP contribution in [0.15, 0.2) is 24.3 Å². The fourth-order valence-corrected chi connectivity index (χ4v) is 2.10. The summed E-state index contributed by atoms with van der Waals surface area (Å²) in [5, 5.41) is 10.5. The summed E-state index contributed by atoms with van der Waals surface area (Å²) in [7, 11) is 0. The number of hydrogen-bond acceptors (Lipinski definition) is 1. The molecule has 0 spiro atoms. The van der Waals surface area contributed by atoms with Gasteiger partial charge in [-0.3, -0.25) is 0 Å². The molecule has 2 N–H and O–H groups in total. The van der Waals surface area contributed by atoms with E-state index in [2.05, 4.69) is 4.98 Å². The smallest absolute Gasteiger partial charge is 0.385 e. The van der Waals surface area contributed by atoms with Crippen LogP contribution in [0.3, 0.4) is 0 Å². The highest BCUT2D eigenvalue weighted by molar-refractivity contribution is 5.85. The molecule has 17 heavy (non-hydrogen) atoms. The minimum absolute atomic E-state index is 0.412. The average Bonchev–Trinajstić information content (AvgIpc) is 2.83. The van der Waals surface area contributed by atoms with Gasteiger partial charge in [-0.15, -0.1) is 0 Å². The molecule has 5 heteroatoms. The fraction of sp³-hybridized carbons (Fsp3) is 0.333. The molecule has 2 nitrogen and oxygen atoms in total. The van der Waals surface area contributed by atoms with Crippen molar-refractivity contribution in [2.75, 3.05) is 0 Å². The van der Waals surface area contributed by atoms with Crippen molar-refractivity contribution in [2.45, 2.75) is 24.6 Å². The van der Waals surface area contributed by atoms with Gasteiger partial charge < -0.3 is 10.1 Å². The fourth-order valence-electron chi connectivity index (χ4n) is 2.10. The highest BCUT2D eigenvalue weighted by Gasteiger charge is 2.43. The third-order valence-corrected chi connectivity index (χ3v) is 3.19. The van der Waals surface area contributed by atoms with E-state index in [9.17, 15) is 18.3 Å². The lowest BCUT2D eigenvalue weighted by molar-refractivity contribution is -0.140. The number of aromatic nitrogens is 1. The number of aliphatic hydroxyl groups is 1. The van der Waals surface area contributed by atoms with E-state index >= 15 is 0 Å². The lowest BCUT2D eigenvalue weighted by Gasteiger charge is -2.08. The second-order valence-corrected chi connectivity index (χ2v) is 4.48. The first-order valence-corrected chi connectivity index (χ1v) is 5.32. The maximum Gasteiger partial charge on any atom is 0.431 e. The van der Waals surface area contributed by atoms with Gasteiger partial charge in [0.1, 0.15) is 5.69 Å². The van der Waals surface area contributed by atoms with E-state index in [0.29, 0.717) is 29.3 Å². The molecule has 1 aromatic carbocycles. The van der Waals surface area contributed by atoms with Crippen LogP contribution in [0, 0.1) is 0 Å². The average molecular weight is 241 g/mol. The van der Waals surface area contributed by atoms with Gasteiger partial charge in [-0.05, 0) is 30.5 Å². The van der Waals surface area contributed by atoms with Gasteiger partial charge in [0.25, 0.3) is 0 Å². The molecule has 2 aromatic rings. The van der Waals surface area contributed by atoms with Gasteiger partial charge in [0, 0.05) is 10.9 Å². The number of aromatic amines is 1. The number of H-pyrrole nitrogens is 1. The van der Waals surface area contributed by atoms with Crippen molar-refractivity contribution in [1.82, 2.24) is 4.98 Å². The van der Waals surface area contributed by atoms with Crippen LogP contribution >= 0.6 is 0 Å². The van der Waals surface area contributed by atoms with Crippen molar-refractivity contribution in [3.63, 3.8) is 0 Å². The normalized spacial score (nSPS) is 18.6. The van der Waals surface area contributed by atoms with Crippen molar-refractivity contribution in [3.05, 3.63) is 35.5 Å². The van der Waals surface area contributed by atoms with Crippen molar-refractivity contribution in [2.24, 2.45) is 0 Å². The topological polar surface area (TPSA) is 36.0 Å². The number of alkyl halides is 3. The van der Waals surface area contributed by atoms with Gasteiger partial charge in [-0.25, -0.2) is 0 Å².